The third kappa shape index (κ3) is 6.30. The molecule has 6 nitrogen and oxygen atoms in total. The Labute approximate surface area is 146 Å². The SMILES string of the molecule is CC(C)CCNC(=O)N1CCN(CC(=O)N2CCCCCC2)CC1. The van der Waals surface area contributed by atoms with E-state index in [0.717, 1.165) is 52.0 Å². The first kappa shape index (κ1) is 19.0. The van der Waals surface area contributed by atoms with Gasteiger partial charge in [0.1, 0.15) is 0 Å². The first-order valence-corrected chi connectivity index (χ1v) is 9.59. The van der Waals surface area contributed by atoms with Crippen molar-refractivity contribution < 1.29 is 9.59 Å². The van der Waals surface area contributed by atoms with Crippen LogP contribution in [0.25, 0.3) is 0 Å². The maximum Gasteiger partial charge on any atom is 0.317 e. The topological polar surface area (TPSA) is 55.9 Å². The van der Waals surface area contributed by atoms with Crippen molar-refractivity contribution in [2.24, 2.45) is 5.92 Å². The Morgan fingerprint density at radius 1 is 0.875 bits per heavy atom. The number of amides is 3. The smallest absolute Gasteiger partial charge is 0.317 e. The molecule has 2 aliphatic heterocycles. The summed E-state index contributed by atoms with van der Waals surface area (Å²) in [5, 5.41) is 2.99. The monoisotopic (exact) mass is 338 g/mol. The molecule has 0 saturated carbocycles. The van der Waals surface area contributed by atoms with Gasteiger partial charge in [0.25, 0.3) is 0 Å². The van der Waals surface area contributed by atoms with E-state index in [0.29, 0.717) is 25.6 Å². The van der Waals surface area contributed by atoms with Gasteiger partial charge in [-0.2, -0.15) is 0 Å². The summed E-state index contributed by atoms with van der Waals surface area (Å²) in [4.78, 5) is 30.6. The zero-order chi connectivity index (χ0) is 17.4. The van der Waals surface area contributed by atoms with Gasteiger partial charge in [-0.15, -0.1) is 0 Å². The molecule has 0 bridgehead atoms. The van der Waals surface area contributed by atoms with Crippen molar-refractivity contribution in [1.29, 1.82) is 0 Å². The van der Waals surface area contributed by atoms with Gasteiger partial charge in [-0.25, -0.2) is 4.79 Å². The minimum Gasteiger partial charge on any atom is -0.342 e. The maximum absolute atomic E-state index is 12.4. The van der Waals surface area contributed by atoms with E-state index >= 15 is 0 Å². The van der Waals surface area contributed by atoms with Crippen molar-refractivity contribution in [2.45, 2.75) is 46.0 Å². The summed E-state index contributed by atoms with van der Waals surface area (Å²) in [5.41, 5.74) is 0. The quantitative estimate of drug-likeness (QED) is 0.831. The van der Waals surface area contributed by atoms with Crippen molar-refractivity contribution in [1.82, 2.24) is 20.0 Å². The predicted octanol–water partition coefficient (Wildman–Crippen LogP) is 1.76. The van der Waals surface area contributed by atoms with E-state index in [-0.39, 0.29) is 11.9 Å². The molecule has 0 aromatic rings. The molecule has 2 rings (SSSR count). The average molecular weight is 338 g/mol. The number of nitrogens with one attached hydrogen (secondary N) is 1. The van der Waals surface area contributed by atoms with Gasteiger partial charge in [-0.05, 0) is 25.2 Å². The summed E-state index contributed by atoms with van der Waals surface area (Å²) in [7, 11) is 0. The van der Waals surface area contributed by atoms with Crippen molar-refractivity contribution in [2.75, 3.05) is 52.4 Å². The van der Waals surface area contributed by atoms with E-state index in [4.69, 9.17) is 0 Å². The number of hydrogen-bond acceptors (Lipinski definition) is 3. The van der Waals surface area contributed by atoms with E-state index in [1.165, 1.54) is 12.8 Å². The van der Waals surface area contributed by atoms with Crippen molar-refractivity contribution in [3.8, 4) is 0 Å². The molecule has 0 aliphatic carbocycles. The molecule has 2 saturated heterocycles. The van der Waals surface area contributed by atoms with Crippen LogP contribution in [0.3, 0.4) is 0 Å². The molecule has 0 atom stereocenters. The summed E-state index contributed by atoms with van der Waals surface area (Å²) < 4.78 is 0. The number of rotatable bonds is 5. The second-order valence-electron chi connectivity index (χ2n) is 7.47. The molecule has 0 aromatic carbocycles. The lowest BCUT2D eigenvalue weighted by atomic mass is 10.1. The Balaban J connectivity index is 1.66. The lowest BCUT2D eigenvalue weighted by Gasteiger charge is -2.35. The van der Waals surface area contributed by atoms with Crippen LogP contribution < -0.4 is 5.32 Å². The number of carbonyl (C=O) groups is 2. The third-order valence-corrected chi connectivity index (χ3v) is 4.98. The molecular formula is C18H34N4O2. The van der Waals surface area contributed by atoms with Crippen LogP contribution in [0.1, 0.15) is 46.0 Å². The van der Waals surface area contributed by atoms with Crippen LogP contribution in [0.2, 0.25) is 0 Å². The Bertz CT molecular complexity index is 398. The lowest BCUT2D eigenvalue weighted by Crippen LogP contribution is -2.53. The fourth-order valence-electron chi connectivity index (χ4n) is 3.30. The van der Waals surface area contributed by atoms with Crippen molar-refractivity contribution in [3.63, 3.8) is 0 Å². The minimum absolute atomic E-state index is 0.0362. The molecular weight excluding hydrogens is 304 g/mol. The van der Waals surface area contributed by atoms with E-state index in [1.54, 1.807) is 0 Å². The van der Waals surface area contributed by atoms with E-state index in [2.05, 4.69) is 24.1 Å². The van der Waals surface area contributed by atoms with Gasteiger partial charge < -0.3 is 15.1 Å². The largest absolute Gasteiger partial charge is 0.342 e. The number of nitrogens with zero attached hydrogens (tertiary/aromatic N) is 3. The molecule has 2 fully saturated rings. The van der Waals surface area contributed by atoms with E-state index in [9.17, 15) is 9.59 Å². The molecule has 0 spiro atoms. The summed E-state index contributed by atoms with van der Waals surface area (Å²) in [6.07, 6.45) is 5.77. The number of likely N-dealkylation sites (tertiary alicyclic amines) is 1. The Hall–Kier alpha value is -1.30. The normalized spacial score (nSPS) is 20.1. The zero-order valence-corrected chi connectivity index (χ0v) is 15.4. The van der Waals surface area contributed by atoms with E-state index < -0.39 is 0 Å². The number of piperazine rings is 1. The molecule has 0 unspecified atom stereocenters. The molecule has 24 heavy (non-hydrogen) atoms. The molecule has 2 heterocycles. The van der Waals surface area contributed by atoms with Gasteiger partial charge in [0.15, 0.2) is 0 Å². The van der Waals surface area contributed by atoms with Gasteiger partial charge in [0.05, 0.1) is 6.54 Å². The van der Waals surface area contributed by atoms with Crippen LogP contribution in [-0.2, 0) is 4.79 Å². The highest BCUT2D eigenvalue weighted by atomic mass is 16.2. The summed E-state index contributed by atoms with van der Waals surface area (Å²) in [5.74, 6) is 0.860. The molecule has 138 valence electrons. The Kier molecular flexibility index (Phi) is 7.82. The van der Waals surface area contributed by atoms with Crippen molar-refractivity contribution >= 4 is 11.9 Å². The molecule has 6 heteroatoms. The minimum atomic E-state index is 0.0362. The van der Waals surface area contributed by atoms with Gasteiger partial charge >= 0.3 is 6.03 Å². The maximum atomic E-state index is 12.4. The first-order valence-electron chi connectivity index (χ1n) is 9.59. The molecule has 0 radical (unpaired) electrons. The fraction of sp³-hybridized carbons (Fsp3) is 0.889. The lowest BCUT2D eigenvalue weighted by molar-refractivity contribution is -0.132. The van der Waals surface area contributed by atoms with Crippen LogP contribution in [0.5, 0.6) is 0 Å². The first-order chi connectivity index (χ1) is 11.6. The van der Waals surface area contributed by atoms with Gasteiger partial charge in [-0.3, -0.25) is 9.69 Å². The molecule has 3 amide bonds. The van der Waals surface area contributed by atoms with Gasteiger partial charge in [0, 0.05) is 45.8 Å². The summed E-state index contributed by atoms with van der Waals surface area (Å²) in [6, 6.07) is 0.0362. The van der Waals surface area contributed by atoms with Crippen LogP contribution in [-0.4, -0.2) is 79.0 Å². The Morgan fingerprint density at radius 2 is 1.50 bits per heavy atom. The van der Waals surface area contributed by atoms with Crippen LogP contribution >= 0.6 is 0 Å². The third-order valence-electron chi connectivity index (χ3n) is 4.98. The average Bonchev–Trinajstić information content (AvgIpc) is 2.84. The second kappa shape index (κ2) is 9.87. The molecule has 0 aromatic heterocycles. The number of urea groups is 1. The van der Waals surface area contributed by atoms with Gasteiger partial charge in [0.2, 0.25) is 5.91 Å². The fourth-order valence-corrected chi connectivity index (χ4v) is 3.30. The highest BCUT2D eigenvalue weighted by Gasteiger charge is 2.24. The van der Waals surface area contributed by atoms with Crippen molar-refractivity contribution in [3.05, 3.63) is 0 Å². The van der Waals surface area contributed by atoms with E-state index in [1.807, 2.05) is 9.80 Å². The summed E-state index contributed by atoms with van der Waals surface area (Å²) in [6.45, 7) is 10.4. The van der Waals surface area contributed by atoms with Crippen LogP contribution in [0.15, 0.2) is 0 Å². The molecule has 1 N–H and O–H groups in total. The molecule has 2 aliphatic rings. The number of hydrogen-bond donors (Lipinski definition) is 1. The van der Waals surface area contributed by atoms with Gasteiger partial charge in [-0.1, -0.05) is 26.7 Å². The zero-order valence-electron chi connectivity index (χ0n) is 15.4. The Morgan fingerprint density at radius 3 is 2.08 bits per heavy atom. The second-order valence-corrected chi connectivity index (χ2v) is 7.47. The standard InChI is InChI=1S/C18H34N4O2/c1-16(2)7-8-19-18(24)22-13-11-20(12-14-22)15-17(23)21-9-5-3-4-6-10-21/h16H,3-15H2,1-2H3,(H,19,24). The highest BCUT2D eigenvalue weighted by Crippen LogP contribution is 2.11. The predicted molar refractivity (Wildman–Crippen MR) is 95.9 cm³/mol. The summed E-state index contributed by atoms with van der Waals surface area (Å²) >= 11 is 0. The van der Waals surface area contributed by atoms with Crippen LogP contribution in [0.4, 0.5) is 4.79 Å². The van der Waals surface area contributed by atoms with Crippen LogP contribution in [0, 0.1) is 5.92 Å². The number of carbonyl (C=O) groups excluding carboxylic acids is 2. The highest BCUT2D eigenvalue weighted by molar-refractivity contribution is 5.78.